The zero-order valence-electron chi connectivity index (χ0n) is 12.0. The smallest absolute Gasteiger partial charge is 0.134 e. The van der Waals surface area contributed by atoms with Gasteiger partial charge in [0.05, 0.1) is 0 Å². The topological polar surface area (TPSA) is 37.8 Å². The third-order valence-electron chi connectivity index (χ3n) is 3.29. The standard InChI is InChI=1S/C15H21N3S/c1-10(9-16-4)15-11(2)17-14(18-12(15)3)8-13-6-5-7-19-13/h5-7,10,16H,8-9H2,1-4H3. The number of likely N-dealkylation sites (N-methyl/N-ethyl adjacent to an activating group) is 1. The molecule has 1 unspecified atom stereocenters. The molecule has 0 saturated heterocycles. The fraction of sp³-hybridized carbons (Fsp3) is 0.467. The number of aromatic nitrogens is 2. The number of hydrogen-bond acceptors (Lipinski definition) is 4. The molecule has 0 saturated carbocycles. The lowest BCUT2D eigenvalue weighted by Crippen LogP contribution is -2.18. The van der Waals surface area contributed by atoms with E-state index in [0.717, 1.165) is 30.2 Å². The molecule has 2 heterocycles. The van der Waals surface area contributed by atoms with Crippen LogP contribution in [0.15, 0.2) is 17.5 Å². The van der Waals surface area contributed by atoms with Crippen LogP contribution in [-0.4, -0.2) is 23.6 Å². The molecule has 0 fully saturated rings. The second-order valence-electron chi connectivity index (χ2n) is 4.94. The Morgan fingerprint density at radius 2 is 1.95 bits per heavy atom. The van der Waals surface area contributed by atoms with Crippen LogP contribution in [-0.2, 0) is 6.42 Å². The summed E-state index contributed by atoms with van der Waals surface area (Å²) in [5.41, 5.74) is 3.51. The summed E-state index contributed by atoms with van der Waals surface area (Å²) in [6, 6.07) is 4.21. The molecule has 1 atom stereocenters. The van der Waals surface area contributed by atoms with Gasteiger partial charge in [-0.2, -0.15) is 0 Å². The highest BCUT2D eigenvalue weighted by Gasteiger charge is 2.14. The summed E-state index contributed by atoms with van der Waals surface area (Å²) in [5, 5.41) is 5.31. The highest BCUT2D eigenvalue weighted by molar-refractivity contribution is 7.09. The number of thiophene rings is 1. The molecule has 0 amide bonds. The summed E-state index contributed by atoms with van der Waals surface area (Å²) in [5.74, 6) is 1.37. The summed E-state index contributed by atoms with van der Waals surface area (Å²) < 4.78 is 0. The molecule has 1 N–H and O–H groups in total. The van der Waals surface area contributed by atoms with E-state index in [2.05, 4.69) is 53.6 Å². The van der Waals surface area contributed by atoms with Gasteiger partial charge < -0.3 is 5.32 Å². The van der Waals surface area contributed by atoms with Crippen molar-refractivity contribution < 1.29 is 0 Å². The Morgan fingerprint density at radius 1 is 1.26 bits per heavy atom. The minimum atomic E-state index is 0.445. The van der Waals surface area contributed by atoms with Crippen molar-refractivity contribution in [3.05, 3.63) is 45.2 Å². The van der Waals surface area contributed by atoms with Gasteiger partial charge in [0.2, 0.25) is 0 Å². The highest BCUT2D eigenvalue weighted by Crippen LogP contribution is 2.22. The van der Waals surface area contributed by atoms with E-state index in [1.807, 2.05) is 7.05 Å². The molecule has 2 aromatic rings. The molecule has 4 heteroatoms. The van der Waals surface area contributed by atoms with Gasteiger partial charge in [-0.15, -0.1) is 11.3 Å². The van der Waals surface area contributed by atoms with Gasteiger partial charge in [-0.3, -0.25) is 0 Å². The van der Waals surface area contributed by atoms with Crippen LogP contribution in [0.2, 0.25) is 0 Å². The van der Waals surface area contributed by atoms with Gasteiger partial charge in [-0.1, -0.05) is 13.0 Å². The Hall–Kier alpha value is -1.26. The summed E-state index contributed by atoms with van der Waals surface area (Å²) in [6.45, 7) is 7.35. The number of nitrogens with zero attached hydrogens (tertiary/aromatic N) is 2. The SMILES string of the molecule is CNCC(C)c1c(C)nc(Cc2cccs2)nc1C. The Labute approximate surface area is 119 Å². The highest BCUT2D eigenvalue weighted by atomic mass is 32.1. The van der Waals surface area contributed by atoms with Crippen LogP contribution >= 0.6 is 11.3 Å². The quantitative estimate of drug-likeness (QED) is 0.911. The zero-order chi connectivity index (χ0) is 13.8. The van der Waals surface area contributed by atoms with E-state index in [-0.39, 0.29) is 0 Å². The first kappa shape index (κ1) is 14.2. The van der Waals surface area contributed by atoms with E-state index in [4.69, 9.17) is 0 Å². The molecule has 0 aliphatic carbocycles. The lowest BCUT2D eigenvalue weighted by atomic mass is 9.98. The lowest BCUT2D eigenvalue weighted by molar-refractivity contribution is 0.659. The van der Waals surface area contributed by atoms with Crippen LogP contribution in [0.5, 0.6) is 0 Å². The van der Waals surface area contributed by atoms with Crippen LogP contribution < -0.4 is 5.32 Å². The number of rotatable bonds is 5. The molecule has 0 spiro atoms. The maximum Gasteiger partial charge on any atom is 0.134 e. The van der Waals surface area contributed by atoms with Crippen molar-refractivity contribution in [3.8, 4) is 0 Å². The molecule has 0 radical (unpaired) electrons. The van der Waals surface area contributed by atoms with Crippen molar-refractivity contribution in [2.24, 2.45) is 0 Å². The fourth-order valence-electron chi connectivity index (χ4n) is 2.56. The molecular weight excluding hydrogens is 254 g/mol. The van der Waals surface area contributed by atoms with E-state index >= 15 is 0 Å². The minimum absolute atomic E-state index is 0.445. The first-order valence-corrected chi connectivity index (χ1v) is 7.50. The minimum Gasteiger partial charge on any atom is -0.319 e. The average Bonchev–Trinajstić information content (AvgIpc) is 2.81. The van der Waals surface area contributed by atoms with E-state index in [9.17, 15) is 0 Å². The lowest BCUT2D eigenvalue weighted by Gasteiger charge is -2.16. The van der Waals surface area contributed by atoms with E-state index in [1.165, 1.54) is 10.4 Å². The Morgan fingerprint density at radius 3 is 2.47 bits per heavy atom. The molecule has 0 aliphatic heterocycles. The first-order chi connectivity index (χ1) is 9.11. The second-order valence-corrected chi connectivity index (χ2v) is 5.97. The number of aryl methyl sites for hydroxylation is 2. The maximum atomic E-state index is 4.68. The average molecular weight is 275 g/mol. The molecule has 3 nitrogen and oxygen atoms in total. The van der Waals surface area contributed by atoms with Crippen molar-refractivity contribution in [1.82, 2.24) is 15.3 Å². The molecule has 0 aliphatic rings. The summed E-state index contributed by atoms with van der Waals surface area (Å²) >= 11 is 1.76. The van der Waals surface area contributed by atoms with E-state index in [0.29, 0.717) is 5.92 Å². The Bertz CT molecular complexity index is 511. The molecule has 0 aromatic carbocycles. The van der Waals surface area contributed by atoms with Crippen LogP contribution in [0.3, 0.4) is 0 Å². The Balaban J connectivity index is 2.26. The third-order valence-corrected chi connectivity index (χ3v) is 4.17. The molecule has 102 valence electrons. The normalized spacial score (nSPS) is 12.6. The van der Waals surface area contributed by atoms with Crippen molar-refractivity contribution in [2.75, 3.05) is 13.6 Å². The number of hydrogen-bond donors (Lipinski definition) is 1. The summed E-state index contributed by atoms with van der Waals surface area (Å²) in [7, 11) is 1.98. The first-order valence-electron chi connectivity index (χ1n) is 6.62. The summed E-state index contributed by atoms with van der Waals surface area (Å²) in [6.07, 6.45) is 0.833. The van der Waals surface area contributed by atoms with Crippen LogP contribution in [0.4, 0.5) is 0 Å². The molecule has 19 heavy (non-hydrogen) atoms. The van der Waals surface area contributed by atoms with Gasteiger partial charge in [0.1, 0.15) is 5.82 Å². The Kier molecular flexibility index (Phi) is 4.66. The van der Waals surface area contributed by atoms with Crippen molar-refractivity contribution in [2.45, 2.75) is 33.1 Å². The second kappa shape index (κ2) is 6.26. The largest absolute Gasteiger partial charge is 0.319 e. The predicted molar refractivity (Wildman–Crippen MR) is 81.0 cm³/mol. The van der Waals surface area contributed by atoms with Crippen molar-refractivity contribution in [3.63, 3.8) is 0 Å². The van der Waals surface area contributed by atoms with E-state index in [1.54, 1.807) is 11.3 Å². The molecule has 0 bridgehead atoms. The van der Waals surface area contributed by atoms with Crippen LogP contribution in [0, 0.1) is 13.8 Å². The van der Waals surface area contributed by atoms with Gasteiger partial charge in [-0.05, 0) is 43.8 Å². The van der Waals surface area contributed by atoms with Crippen LogP contribution in [0.25, 0.3) is 0 Å². The van der Waals surface area contributed by atoms with Gasteiger partial charge in [0.15, 0.2) is 0 Å². The van der Waals surface area contributed by atoms with Crippen LogP contribution in [0.1, 0.15) is 40.5 Å². The molecular formula is C15H21N3S. The predicted octanol–water partition coefficient (Wildman–Crippen LogP) is 3.07. The molecule has 2 aromatic heterocycles. The maximum absolute atomic E-state index is 4.68. The number of nitrogens with one attached hydrogen (secondary N) is 1. The van der Waals surface area contributed by atoms with Crippen molar-refractivity contribution >= 4 is 11.3 Å². The van der Waals surface area contributed by atoms with Gasteiger partial charge in [0.25, 0.3) is 0 Å². The van der Waals surface area contributed by atoms with Gasteiger partial charge >= 0.3 is 0 Å². The summed E-state index contributed by atoms with van der Waals surface area (Å²) in [4.78, 5) is 10.7. The van der Waals surface area contributed by atoms with E-state index < -0.39 is 0 Å². The van der Waals surface area contributed by atoms with Crippen molar-refractivity contribution in [1.29, 1.82) is 0 Å². The fourth-order valence-corrected chi connectivity index (χ4v) is 3.27. The van der Waals surface area contributed by atoms with Gasteiger partial charge in [0, 0.05) is 29.2 Å². The zero-order valence-corrected chi connectivity index (χ0v) is 12.8. The third kappa shape index (κ3) is 3.39. The monoisotopic (exact) mass is 275 g/mol. The molecule has 2 rings (SSSR count). The van der Waals surface area contributed by atoms with Gasteiger partial charge in [-0.25, -0.2) is 9.97 Å².